The summed E-state index contributed by atoms with van der Waals surface area (Å²) in [6, 6.07) is 5.57. The van der Waals surface area contributed by atoms with E-state index in [9.17, 15) is 4.79 Å². The standard InChI is InChI=1S/C19H25N5O2/c1-14-11-17(23(2)3)22-19(21-14)16-13-26-10-9-24(16)18(25)7-6-15-5-4-8-20-12-15/h4-5,8,11-12,16H,6-7,9-10,13H2,1-3H3/t16-/m0/s1. The number of anilines is 1. The number of aromatic nitrogens is 3. The van der Waals surface area contributed by atoms with Gasteiger partial charge in [0, 0.05) is 51.2 Å². The molecule has 0 N–H and O–H groups in total. The number of pyridine rings is 1. The Bertz CT molecular complexity index is 751. The summed E-state index contributed by atoms with van der Waals surface area (Å²) in [5.74, 6) is 1.57. The van der Waals surface area contributed by atoms with Gasteiger partial charge in [-0.1, -0.05) is 6.07 Å². The third-order valence-electron chi connectivity index (χ3n) is 4.41. The zero-order valence-corrected chi connectivity index (χ0v) is 15.6. The van der Waals surface area contributed by atoms with Crippen LogP contribution in [0.2, 0.25) is 0 Å². The van der Waals surface area contributed by atoms with Gasteiger partial charge in [0.05, 0.1) is 13.2 Å². The SMILES string of the molecule is Cc1cc(N(C)C)nc([C@@H]2COCCN2C(=O)CCc2cccnc2)n1. The molecule has 0 unspecified atom stereocenters. The summed E-state index contributed by atoms with van der Waals surface area (Å²) in [6.45, 7) is 3.47. The zero-order valence-electron chi connectivity index (χ0n) is 15.6. The van der Waals surface area contributed by atoms with E-state index in [-0.39, 0.29) is 11.9 Å². The van der Waals surface area contributed by atoms with Gasteiger partial charge in [0.15, 0.2) is 5.82 Å². The summed E-state index contributed by atoms with van der Waals surface area (Å²) >= 11 is 0. The summed E-state index contributed by atoms with van der Waals surface area (Å²) < 4.78 is 5.62. The Morgan fingerprint density at radius 1 is 1.38 bits per heavy atom. The van der Waals surface area contributed by atoms with E-state index in [1.54, 1.807) is 12.4 Å². The lowest BCUT2D eigenvalue weighted by molar-refractivity contribution is -0.140. The fourth-order valence-electron chi connectivity index (χ4n) is 3.01. The first-order valence-electron chi connectivity index (χ1n) is 8.83. The number of aryl methyl sites for hydroxylation is 2. The molecule has 2 aromatic heterocycles. The van der Waals surface area contributed by atoms with E-state index >= 15 is 0 Å². The number of hydrogen-bond donors (Lipinski definition) is 0. The number of nitrogens with zero attached hydrogens (tertiary/aromatic N) is 5. The van der Waals surface area contributed by atoms with E-state index in [2.05, 4.69) is 15.0 Å². The maximum atomic E-state index is 12.8. The van der Waals surface area contributed by atoms with Gasteiger partial charge in [0.1, 0.15) is 11.9 Å². The molecular weight excluding hydrogens is 330 g/mol. The van der Waals surface area contributed by atoms with Crippen LogP contribution in [-0.4, -0.2) is 59.6 Å². The third-order valence-corrected chi connectivity index (χ3v) is 4.41. The molecule has 2 aromatic rings. The predicted octanol–water partition coefficient (Wildman–Crippen LogP) is 1.78. The van der Waals surface area contributed by atoms with Crippen molar-refractivity contribution in [3.63, 3.8) is 0 Å². The average molecular weight is 355 g/mol. The molecule has 26 heavy (non-hydrogen) atoms. The van der Waals surface area contributed by atoms with Gasteiger partial charge in [-0.25, -0.2) is 9.97 Å². The molecule has 1 saturated heterocycles. The topological polar surface area (TPSA) is 71.5 Å². The first kappa shape index (κ1) is 18.3. The highest BCUT2D eigenvalue weighted by atomic mass is 16.5. The number of amides is 1. The van der Waals surface area contributed by atoms with Gasteiger partial charge in [-0.05, 0) is 25.0 Å². The van der Waals surface area contributed by atoms with Gasteiger partial charge < -0.3 is 14.5 Å². The van der Waals surface area contributed by atoms with Crippen LogP contribution in [0.1, 0.15) is 29.5 Å². The Balaban J connectivity index is 1.76. The van der Waals surface area contributed by atoms with Crippen LogP contribution < -0.4 is 4.90 Å². The lowest BCUT2D eigenvalue weighted by Crippen LogP contribution is -2.44. The van der Waals surface area contributed by atoms with Crippen LogP contribution in [0.4, 0.5) is 5.82 Å². The minimum absolute atomic E-state index is 0.0960. The molecular formula is C19H25N5O2. The van der Waals surface area contributed by atoms with Gasteiger partial charge in [-0.2, -0.15) is 0 Å². The summed E-state index contributed by atoms with van der Waals surface area (Å²) in [6.07, 6.45) is 4.65. The van der Waals surface area contributed by atoms with Gasteiger partial charge in [0.2, 0.25) is 5.91 Å². The van der Waals surface area contributed by atoms with Crippen molar-refractivity contribution in [3.05, 3.63) is 47.7 Å². The van der Waals surface area contributed by atoms with Crippen molar-refractivity contribution in [2.75, 3.05) is 38.8 Å². The monoisotopic (exact) mass is 355 g/mol. The number of ether oxygens (including phenoxy) is 1. The van der Waals surface area contributed by atoms with Crippen LogP contribution in [0.25, 0.3) is 0 Å². The van der Waals surface area contributed by atoms with Crippen LogP contribution in [-0.2, 0) is 16.0 Å². The van der Waals surface area contributed by atoms with Crippen molar-refractivity contribution < 1.29 is 9.53 Å². The summed E-state index contributed by atoms with van der Waals surface area (Å²) in [5, 5.41) is 0. The first-order valence-corrected chi connectivity index (χ1v) is 8.83. The third kappa shape index (κ3) is 4.35. The van der Waals surface area contributed by atoms with Gasteiger partial charge in [-0.3, -0.25) is 9.78 Å². The zero-order chi connectivity index (χ0) is 18.5. The van der Waals surface area contributed by atoms with Gasteiger partial charge >= 0.3 is 0 Å². The fourth-order valence-corrected chi connectivity index (χ4v) is 3.01. The molecule has 0 aromatic carbocycles. The van der Waals surface area contributed by atoms with Crippen LogP contribution in [0.5, 0.6) is 0 Å². The lowest BCUT2D eigenvalue weighted by atomic mass is 10.1. The van der Waals surface area contributed by atoms with Crippen molar-refractivity contribution >= 4 is 11.7 Å². The second-order valence-corrected chi connectivity index (χ2v) is 6.66. The Morgan fingerprint density at radius 3 is 2.96 bits per heavy atom. The maximum Gasteiger partial charge on any atom is 0.223 e. The predicted molar refractivity (Wildman–Crippen MR) is 98.9 cm³/mol. The van der Waals surface area contributed by atoms with Crippen LogP contribution >= 0.6 is 0 Å². The lowest BCUT2D eigenvalue weighted by Gasteiger charge is -2.35. The molecule has 7 nitrogen and oxygen atoms in total. The van der Waals surface area contributed by atoms with Crippen molar-refractivity contribution in [1.82, 2.24) is 19.9 Å². The number of carbonyl (C=O) groups excluding carboxylic acids is 1. The van der Waals surface area contributed by atoms with Crippen molar-refractivity contribution in [1.29, 1.82) is 0 Å². The van der Waals surface area contributed by atoms with E-state index in [4.69, 9.17) is 4.74 Å². The molecule has 3 rings (SSSR count). The second kappa shape index (κ2) is 8.23. The van der Waals surface area contributed by atoms with Crippen LogP contribution in [0.15, 0.2) is 30.6 Å². The Morgan fingerprint density at radius 2 is 2.23 bits per heavy atom. The summed E-state index contributed by atoms with van der Waals surface area (Å²) in [5.41, 5.74) is 1.94. The summed E-state index contributed by atoms with van der Waals surface area (Å²) in [7, 11) is 3.89. The maximum absolute atomic E-state index is 12.8. The largest absolute Gasteiger partial charge is 0.377 e. The first-order chi connectivity index (χ1) is 12.5. The highest BCUT2D eigenvalue weighted by Gasteiger charge is 2.31. The quantitative estimate of drug-likeness (QED) is 0.814. The van der Waals surface area contributed by atoms with Gasteiger partial charge in [-0.15, -0.1) is 0 Å². The molecule has 3 heterocycles. The molecule has 1 amide bonds. The van der Waals surface area contributed by atoms with Crippen molar-refractivity contribution in [2.45, 2.75) is 25.8 Å². The van der Waals surface area contributed by atoms with E-state index in [1.807, 2.05) is 49.0 Å². The second-order valence-electron chi connectivity index (χ2n) is 6.66. The van der Waals surface area contributed by atoms with Crippen LogP contribution in [0, 0.1) is 6.92 Å². The Kier molecular flexibility index (Phi) is 5.78. The number of carbonyl (C=O) groups is 1. The van der Waals surface area contributed by atoms with E-state index < -0.39 is 0 Å². The van der Waals surface area contributed by atoms with Crippen molar-refractivity contribution in [2.24, 2.45) is 0 Å². The number of rotatable bonds is 5. The fraction of sp³-hybridized carbons (Fsp3) is 0.474. The molecule has 1 aliphatic heterocycles. The van der Waals surface area contributed by atoms with Crippen molar-refractivity contribution in [3.8, 4) is 0 Å². The molecule has 0 spiro atoms. The molecule has 7 heteroatoms. The van der Waals surface area contributed by atoms with Gasteiger partial charge in [0.25, 0.3) is 0 Å². The minimum Gasteiger partial charge on any atom is -0.377 e. The average Bonchev–Trinajstić information content (AvgIpc) is 2.66. The number of hydrogen-bond acceptors (Lipinski definition) is 6. The molecule has 0 aliphatic carbocycles. The van der Waals surface area contributed by atoms with E-state index in [1.165, 1.54) is 0 Å². The van der Waals surface area contributed by atoms with E-state index in [0.29, 0.717) is 38.4 Å². The molecule has 0 saturated carbocycles. The molecule has 0 bridgehead atoms. The normalized spacial score (nSPS) is 17.2. The Hall–Kier alpha value is -2.54. The highest BCUT2D eigenvalue weighted by Crippen LogP contribution is 2.24. The minimum atomic E-state index is -0.247. The smallest absolute Gasteiger partial charge is 0.223 e. The number of morpholine rings is 1. The van der Waals surface area contributed by atoms with E-state index in [0.717, 1.165) is 17.1 Å². The molecule has 1 aliphatic rings. The van der Waals surface area contributed by atoms with Crippen LogP contribution in [0.3, 0.4) is 0 Å². The summed E-state index contributed by atoms with van der Waals surface area (Å²) in [4.78, 5) is 30.0. The molecule has 1 atom stereocenters. The molecule has 0 radical (unpaired) electrons. The highest BCUT2D eigenvalue weighted by molar-refractivity contribution is 5.77. The molecule has 1 fully saturated rings. The molecule has 138 valence electrons. The Labute approximate surface area is 154 Å².